The molecular weight excluding hydrogens is 202 g/mol. The topological polar surface area (TPSA) is 58.4 Å². The van der Waals surface area contributed by atoms with Crippen molar-refractivity contribution in [1.82, 2.24) is 10.3 Å². The average Bonchev–Trinajstić information content (AvgIpc) is 2.28. The Labute approximate surface area is 98.5 Å². The molecule has 0 radical (unpaired) electrons. The summed E-state index contributed by atoms with van der Waals surface area (Å²) in [6.45, 7) is 5.03. The molecule has 1 rings (SSSR count). The fraction of sp³-hybridized carbons (Fsp3) is 0.917. The Morgan fingerprint density at radius 2 is 2.12 bits per heavy atom. The van der Waals surface area contributed by atoms with Crippen LogP contribution in [0.4, 0.5) is 0 Å². The van der Waals surface area contributed by atoms with Crippen molar-refractivity contribution in [3.8, 4) is 0 Å². The van der Waals surface area contributed by atoms with Crippen LogP contribution in [0.1, 0.15) is 39.5 Å². The van der Waals surface area contributed by atoms with E-state index in [0.29, 0.717) is 6.04 Å². The van der Waals surface area contributed by atoms with E-state index in [4.69, 9.17) is 5.84 Å². The van der Waals surface area contributed by atoms with E-state index in [0.717, 1.165) is 12.5 Å². The third-order valence-corrected chi connectivity index (χ3v) is 3.78. The maximum Gasteiger partial charge on any atom is 0.237 e. The number of nitrogens with zero attached hydrogens (tertiary/aromatic N) is 1. The fourth-order valence-electron chi connectivity index (χ4n) is 2.74. The Balaban J connectivity index is 2.44. The highest BCUT2D eigenvalue weighted by atomic mass is 16.2. The zero-order valence-electron chi connectivity index (χ0n) is 10.7. The highest BCUT2D eigenvalue weighted by molar-refractivity contribution is 5.77. The third kappa shape index (κ3) is 3.46. The van der Waals surface area contributed by atoms with Crippen molar-refractivity contribution in [2.24, 2.45) is 17.7 Å². The van der Waals surface area contributed by atoms with E-state index in [1.54, 1.807) is 0 Å². The van der Waals surface area contributed by atoms with Gasteiger partial charge < -0.3 is 4.90 Å². The molecular formula is C12H25N3O. The average molecular weight is 227 g/mol. The number of carbonyl (C=O) groups excluding carboxylic acids is 1. The quantitative estimate of drug-likeness (QED) is 0.430. The first-order valence-electron chi connectivity index (χ1n) is 6.27. The second-order valence-corrected chi connectivity index (χ2v) is 5.18. The van der Waals surface area contributed by atoms with Crippen LogP contribution < -0.4 is 11.3 Å². The zero-order chi connectivity index (χ0) is 12.1. The molecule has 1 fully saturated rings. The van der Waals surface area contributed by atoms with E-state index in [-0.39, 0.29) is 11.8 Å². The fourth-order valence-corrected chi connectivity index (χ4v) is 2.74. The highest BCUT2D eigenvalue weighted by Crippen LogP contribution is 2.27. The van der Waals surface area contributed by atoms with Gasteiger partial charge in [0, 0.05) is 18.5 Å². The molecule has 3 unspecified atom stereocenters. The van der Waals surface area contributed by atoms with Gasteiger partial charge in [0.05, 0.1) is 0 Å². The monoisotopic (exact) mass is 227 g/mol. The van der Waals surface area contributed by atoms with Gasteiger partial charge in [-0.15, -0.1) is 0 Å². The number of hydrogen-bond donors (Lipinski definition) is 2. The minimum atomic E-state index is -0.0738. The molecule has 1 amide bonds. The van der Waals surface area contributed by atoms with Crippen LogP contribution in [0.25, 0.3) is 0 Å². The molecule has 16 heavy (non-hydrogen) atoms. The van der Waals surface area contributed by atoms with Gasteiger partial charge in [-0.3, -0.25) is 10.2 Å². The summed E-state index contributed by atoms with van der Waals surface area (Å²) >= 11 is 0. The predicted octanol–water partition coefficient (Wildman–Crippen LogP) is 1.12. The van der Waals surface area contributed by atoms with E-state index < -0.39 is 0 Å². The summed E-state index contributed by atoms with van der Waals surface area (Å²) in [5.41, 5.74) is 2.22. The number of hydrazine groups is 1. The van der Waals surface area contributed by atoms with E-state index in [2.05, 4.69) is 24.3 Å². The van der Waals surface area contributed by atoms with Crippen molar-refractivity contribution in [2.45, 2.75) is 45.6 Å². The van der Waals surface area contributed by atoms with Gasteiger partial charge >= 0.3 is 0 Å². The Hall–Kier alpha value is -0.610. The Kier molecular flexibility index (Phi) is 5.22. The highest BCUT2D eigenvalue weighted by Gasteiger charge is 2.26. The molecule has 1 aliphatic rings. The molecule has 3 N–H and O–H groups in total. The maximum atomic E-state index is 11.3. The smallest absolute Gasteiger partial charge is 0.237 e. The molecule has 94 valence electrons. The maximum absolute atomic E-state index is 11.3. The van der Waals surface area contributed by atoms with E-state index in [1.807, 2.05) is 6.92 Å². The lowest BCUT2D eigenvalue weighted by Crippen LogP contribution is -2.45. The summed E-state index contributed by atoms with van der Waals surface area (Å²) in [6.07, 6.45) is 5.24. The number of rotatable bonds is 4. The van der Waals surface area contributed by atoms with Gasteiger partial charge in [0.2, 0.25) is 5.91 Å². The molecule has 1 aliphatic carbocycles. The second kappa shape index (κ2) is 6.21. The molecule has 4 nitrogen and oxygen atoms in total. The van der Waals surface area contributed by atoms with Gasteiger partial charge in [-0.1, -0.05) is 26.7 Å². The van der Waals surface area contributed by atoms with Crippen LogP contribution in [0.2, 0.25) is 0 Å². The predicted molar refractivity (Wildman–Crippen MR) is 65.5 cm³/mol. The van der Waals surface area contributed by atoms with Crippen molar-refractivity contribution in [3.05, 3.63) is 0 Å². The van der Waals surface area contributed by atoms with Gasteiger partial charge in [0.1, 0.15) is 0 Å². The van der Waals surface area contributed by atoms with E-state index >= 15 is 0 Å². The second-order valence-electron chi connectivity index (χ2n) is 5.18. The molecule has 0 spiro atoms. The Bertz CT molecular complexity index is 232. The van der Waals surface area contributed by atoms with Crippen LogP contribution >= 0.6 is 0 Å². The lowest BCUT2D eigenvalue weighted by molar-refractivity contribution is -0.125. The van der Waals surface area contributed by atoms with Crippen molar-refractivity contribution in [2.75, 3.05) is 13.6 Å². The molecule has 0 aromatic heterocycles. The summed E-state index contributed by atoms with van der Waals surface area (Å²) in [6, 6.07) is 0.627. The largest absolute Gasteiger partial charge is 0.302 e. The summed E-state index contributed by atoms with van der Waals surface area (Å²) < 4.78 is 0. The standard InChI is InChI=1S/C12H25N3O/c1-9-6-4-5-7-11(9)15(3)8-10(2)12(16)14-13/h9-11H,4-8,13H2,1-3H3,(H,14,16). The molecule has 0 aromatic rings. The molecule has 0 heterocycles. The molecule has 0 bridgehead atoms. The number of carbonyl (C=O) groups is 1. The Morgan fingerprint density at radius 1 is 1.50 bits per heavy atom. The summed E-state index contributed by atoms with van der Waals surface area (Å²) in [5.74, 6) is 5.77. The molecule has 0 aromatic carbocycles. The summed E-state index contributed by atoms with van der Waals surface area (Å²) in [5, 5.41) is 0. The van der Waals surface area contributed by atoms with Gasteiger partial charge in [0.15, 0.2) is 0 Å². The van der Waals surface area contributed by atoms with E-state index in [1.165, 1.54) is 25.7 Å². The van der Waals surface area contributed by atoms with Crippen molar-refractivity contribution >= 4 is 5.91 Å². The first-order chi connectivity index (χ1) is 7.56. The first kappa shape index (κ1) is 13.5. The van der Waals surface area contributed by atoms with Gasteiger partial charge in [-0.2, -0.15) is 0 Å². The Morgan fingerprint density at radius 3 is 2.69 bits per heavy atom. The number of nitrogens with one attached hydrogen (secondary N) is 1. The zero-order valence-corrected chi connectivity index (χ0v) is 10.7. The van der Waals surface area contributed by atoms with Gasteiger partial charge in [0.25, 0.3) is 0 Å². The van der Waals surface area contributed by atoms with Crippen LogP contribution in [0, 0.1) is 11.8 Å². The van der Waals surface area contributed by atoms with Crippen molar-refractivity contribution < 1.29 is 4.79 Å². The van der Waals surface area contributed by atoms with Crippen LogP contribution in [0.3, 0.4) is 0 Å². The van der Waals surface area contributed by atoms with Gasteiger partial charge in [-0.05, 0) is 25.8 Å². The number of amides is 1. The van der Waals surface area contributed by atoms with Crippen LogP contribution in [-0.2, 0) is 4.79 Å². The third-order valence-electron chi connectivity index (χ3n) is 3.78. The first-order valence-corrected chi connectivity index (χ1v) is 6.27. The minimum absolute atomic E-state index is 0.0378. The minimum Gasteiger partial charge on any atom is -0.302 e. The van der Waals surface area contributed by atoms with Crippen LogP contribution in [0.15, 0.2) is 0 Å². The lowest BCUT2D eigenvalue weighted by atomic mass is 9.85. The SMILES string of the molecule is CC(CN(C)C1CCCCC1C)C(=O)NN. The van der Waals surface area contributed by atoms with E-state index in [9.17, 15) is 4.79 Å². The molecule has 0 aliphatic heterocycles. The number of nitrogens with two attached hydrogens (primary N) is 1. The number of hydrogen-bond acceptors (Lipinski definition) is 3. The molecule has 1 saturated carbocycles. The van der Waals surface area contributed by atoms with Crippen molar-refractivity contribution in [3.63, 3.8) is 0 Å². The van der Waals surface area contributed by atoms with Crippen molar-refractivity contribution in [1.29, 1.82) is 0 Å². The normalized spacial score (nSPS) is 27.8. The lowest BCUT2D eigenvalue weighted by Gasteiger charge is -2.37. The molecule has 4 heteroatoms. The molecule has 3 atom stereocenters. The summed E-state index contributed by atoms with van der Waals surface area (Å²) in [4.78, 5) is 13.7. The van der Waals surface area contributed by atoms with Crippen LogP contribution in [-0.4, -0.2) is 30.4 Å². The van der Waals surface area contributed by atoms with Crippen LogP contribution in [0.5, 0.6) is 0 Å². The summed E-state index contributed by atoms with van der Waals surface area (Å²) in [7, 11) is 2.12. The van der Waals surface area contributed by atoms with Gasteiger partial charge in [-0.25, -0.2) is 5.84 Å². The molecule has 0 saturated heterocycles.